The van der Waals surface area contributed by atoms with Gasteiger partial charge in [0.15, 0.2) is 0 Å². The van der Waals surface area contributed by atoms with E-state index in [0.29, 0.717) is 29.8 Å². The molecule has 0 aliphatic heterocycles. The molecule has 3 N–H and O–H groups in total. The number of aromatic nitrogens is 1. The van der Waals surface area contributed by atoms with E-state index in [1.165, 1.54) is 0 Å². The third-order valence-electron chi connectivity index (χ3n) is 6.47. The standard InChI is InChI=1S/C28H33N3O5/c1-17(2)25(31-28(35)36-19(4)21-8-7-15-29-16-21)18(3)20-11-13-22(14-12-20)30-26(32)23-9-5-6-10-24(23)27(33)34/h7-8,11-16,19,23-24H,1,5-6,9-10H2,2-4H3,(H,30,32)(H,31,35)(H,33,34)/b25-18-. The molecular weight excluding hydrogens is 458 g/mol. The van der Waals surface area contributed by atoms with Gasteiger partial charge in [0.05, 0.1) is 11.8 Å². The Hall–Kier alpha value is -3.94. The van der Waals surface area contributed by atoms with Crippen molar-refractivity contribution in [3.05, 3.63) is 77.8 Å². The SMILES string of the molecule is C=C(C)/C(NC(=O)OC(C)c1cccnc1)=C(\C)c1ccc(NC(=O)C2CCCCC2C(=O)O)cc1. The quantitative estimate of drug-likeness (QED) is 0.407. The molecule has 0 bridgehead atoms. The van der Waals surface area contributed by atoms with E-state index in [4.69, 9.17) is 4.74 Å². The van der Waals surface area contributed by atoms with E-state index in [9.17, 15) is 19.5 Å². The number of nitrogens with one attached hydrogen (secondary N) is 2. The molecule has 190 valence electrons. The first-order valence-corrected chi connectivity index (χ1v) is 12.1. The van der Waals surface area contributed by atoms with Gasteiger partial charge in [-0.1, -0.05) is 37.6 Å². The lowest BCUT2D eigenvalue weighted by Crippen LogP contribution is -2.36. The maximum Gasteiger partial charge on any atom is 0.412 e. The Kier molecular flexibility index (Phi) is 9.00. The van der Waals surface area contributed by atoms with Gasteiger partial charge in [-0.2, -0.15) is 0 Å². The van der Waals surface area contributed by atoms with Gasteiger partial charge >= 0.3 is 12.1 Å². The Morgan fingerprint density at radius 1 is 1.08 bits per heavy atom. The maximum atomic E-state index is 12.7. The second-order valence-electron chi connectivity index (χ2n) is 9.14. The topological polar surface area (TPSA) is 118 Å². The summed E-state index contributed by atoms with van der Waals surface area (Å²) in [5, 5.41) is 15.1. The summed E-state index contributed by atoms with van der Waals surface area (Å²) in [6.45, 7) is 9.41. The van der Waals surface area contributed by atoms with Crippen LogP contribution in [-0.4, -0.2) is 28.1 Å². The summed E-state index contributed by atoms with van der Waals surface area (Å²) in [6, 6.07) is 10.8. The number of amides is 2. The van der Waals surface area contributed by atoms with E-state index in [0.717, 1.165) is 29.5 Å². The molecule has 1 aliphatic carbocycles. The number of nitrogens with zero attached hydrogens (tertiary/aromatic N) is 1. The number of carbonyl (C=O) groups excluding carboxylic acids is 2. The van der Waals surface area contributed by atoms with Crippen LogP contribution >= 0.6 is 0 Å². The van der Waals surface area contributed by atoms with Gasteiger partial charge in [-0.05, 0) is 68.5 Å². The van der Waals surface area contributed by atoms with Crippen molar-refractivity contribution in [2.75, 3.05) is 5.32 Å². The van der Waals surface area contributed by atoms with Crippen LogP contribution in [0.1, 0.15) is 63.7 Å². The van der Waals surface area contributed by atoms with Crippen LogP contribution < -0.4 is 10.6 Å². The van der Waals surface area contributed by atoms with Crippen LogP contribution in [-0.2, 0) is 14.3 Å². The summed E-state index contributed by atoms with van der Waals surface area (Å²) in [5.74, 6) is -2.36. The second kappa shape index (κ2) is 12.2. The first-order valence-electron chi connectivity index (χ1n) is 12.1. The van der Waals surface area contributed by atoms with Crippen LogP contribution in [0.4, 0.5) is 10.5 Å². The number of hydrogen-bond donors (Lipinski definition) is 3. The van der Waals surface area contributed by atoms with Gasteiger partial charge < -0.3 is 15.2 Å². The minimum absolute atomic E-state index is 0.267. The first kappa shape index (κ1) is 26.7. The lowest BCUT2D eigenvalue weighted by atomic mass is 9.78. The molecule has 8 heteroatoms. The number of rotatable bonds is 8. The molecule has 1 heterocycles. The first-order chi connectivity index (χ1) is 17.2. The lowest BCUT2D eigenvalue weighted by molar-refractivity contribution is -0.147. The molecule has 1 aromatic carbocycles. The molecule has 3 rings (SSSR count). The van der Waals surface area contributed by atoms with Gasteiger partial charge in [-0.3, -0.25) is 19.9 Å². The number of carbonyl (C=O) groups is 3. The fourth-order valence-corrected chi connectivity index (χ4v) is 4.42. The van der Waals surface area contributed by atoms with E-state index in [2.05, 4.69) is 22.2 Å². The lowest BCUT2D eigenvalue weighted by Gasteiger charge is -2.27. The van der Waals surface area contributed by atoms with Gasteiger partial charge in [0.1, 0.15) is 6.10 Å². The summed E-state index contributed by atoms with van der Waals surface area (Å²) in [7, 11) is 0. The third kappa shape index (κ3) is 6.81. The van der Waals surface area contributed by atoms with Crippen LogP contribution in [0.15, 0.2) is 66.6 Å². The highest BCUT2D eigenvalue weighted by Crippen LogP contribution is 2.31. The smallest absolute Gasteiger partial charge is 0.412 e. The average Bonchev–Trinajstić information content (AvgIpc) is 2.87. The fourth-order valence-electron chi connectivity index (χ4n) is 4.42. The molecule has 0 radical (unpaired) electrons. The van der Waals surface area contributed by atoms with Crippen molar-refractivity contribution < 1.29 is 24.2 Å². The number of ether oxygens (including phenoxy) is 1. The van der Waals surface area contributed by atoms with Gasteiger partial charge in [-0.15, -0.1) is 0 Å². The van der Waals surface area contributed by atoms with Crippen LogP contribution in [0.25, 0.3) is 5.57 Å². The van der Waals surface area contributed by atoms with Crippen molar-refractivity contribution in [3.8, 4) is 0 Å². The Labute approximate surface area is 211 Å². The van der Waals surface area contributed by atoms with E-state index < -0.39 is 30.0 Å². The molecule has 1 aliphatic rings. The number of anilines is 1. The van der Waals surface area contributed by atoms with Crippen molar-refractivity contribution in [1.29, 1.82) is 0 Å². The summed E-state index contributed by atoms with van der Waals surface area (Å²) in [5.41, 5.74) is 4.18. The Morgan fingerprint density at radius 2 is 1.75 bits per heavy atom. The number of carboxylic acid groups (broad SMARTS) is 1. The average molecular weight is 492 g/mol. The number of allylic oxidation sites excluding steroid dienone is 2. The van der Waals surface area contributed by atoms with Crippen LogP contribution in [0, 0.1) is 11.8 Å². The highest BCUT2D eigenvalue weighted by Gasteiger charge is 2.35. The minimum atomic E-state index is -0.917. The molecule has 1 fully saturated rings. The van der Waals surface area contributed by atoms with Gasteiger partial charge in [-0.25, -0.2) is 4.79 Å². The highest BCUT2D eigenvalue weighted by molar-refractivity contribution is 5.95. The predicted octanol–water partition coefficient (Wildman–Crippen LogP) is 5.71. The predicted molar refractivity (Wildman–Crippen MR) is 138 cm³/mol. The number of aliphatic carboxylic acids is 1. The molecule has 3 unspecified atom stereocenters. The van der Waals surface area contributed by atoms with E-state index >= 15 is 0 Å². The molecule has 2 amide bonds. The summed E-state index contributed by atoms with van der Waals surface area (Å²) < 4.78 is 5.49. The maximum absolute atomic E-state index is 12.7. The number of benzene rings is 1. The van der Waals surface area contributed by atoms with Crippen molar-refractivity contribution in [1.82, 2.24) is 10.3 Å². The van der Waals surface area contributed by atoms with E-state index in [1.807, 2.05) is 25.1 Å². The molecule has 2 aromatic rings. The van der Waals surface area contributed by atoms with Crippen LogP contribution in [0.5, 0.6) is 0 Å². The third-order valence-corrected chi connectivity index (χ3v) is 6.47. The molecule has 1 saturated carbocycles. The summed E-state index contributed by atoms with van der Waals surface area (Å²) in [4.78, 5) is 40.9. The highest BCUT2D eigenvalue weighted by atomic mass is 16.6. The number of hydrogen-bond acceptors (Lipinski definition) is 5. The van der Waals surface area contributed by atoms with Crippen LogP contribution in [0.3, 0.4) is 0 Å². The number of carboxylic acids is 1. The van der Waals surface area contributed by atoms with E-state index in [-0.39, 0.29) is 5.91 Å². The van der Waals surface area contributed by atoms with Crippen molar-refractivity contribution in [2.24, 2.45) is 11.8 Å². The van der Waals surface area contributed by atoms with Crippen molar-refractivity contribution in [2.45, 2.75) is 52.6 Å². The second-order valence-corrected chi connectivity index (χ2v) is 9.14. The molecule has 8 nitrogen and oxygen atoms in total. The van der Waals surface area contributed by atoms with Crippen molar-refractivity contribution in [3.63, 3.8) is 0 Å². The fraction of sp³-hybridized carbons (Fsp3) is 0.357. The summed E-state index contributed by atoms with van der Waals surface area (Å²) >= 11 is 0. The molecule has 0 saturated heterocycles. The van der Waals surface area contributed by atoms with E-state index in [1.54, 1.807) is 44.4 Å². The molecule has 1 aromatic heterocycles. The largest absolute Gasteiger partial charge is 0.481 e. The Morgan fingerprint density at radius 3 is 2.33 bits per heavy atom. The normalized spacial score (nSPS) is 18.9. The van der Waals surface area contributed by atoms with Crippen LogP contribution in [0.2, 0.25) is 0 Å². The molecule has 36 heavy (non-hydrogen) atoms. The minimum Gasteiger partial charge on any atom is -0.481 e. The number of alkyl carbamates (subject to hydrolysis) is 1. The monoisotopic (exact) mass is 491 g/mol. The summed E-state index contributed by atoms with van der Waals surface area (Å²) in [6.07, 6.45) is 5.01. The Balaban J connectivity index is 1.69. The van der Waals surface area contributed by atoms with Crippen molar-refractivity contribution >= 4 is 29.2 Å². The molecule has 3 atom stereocenters. The van der Waals surface area contributed by atoms with Gasteiger partial charge in [0, 0.05) is 29.3 Å². The molecule has 0 spiro atoms. The zero-order valence-corrected chi connectivity index (χ0v) is 20.9. The Bertz CT molecular complexity index is 1140. The van der Waals surface area contributed by atoms with Gasteiger partial charge in [0.2, 0.25) is 5.91 Å². The molecular formula is C28H33N3O5. The zero-order chi connectivity index (χ0) is 26.2. The zero-order valence-electron chi connectivity index (χ0n) is 20.9. The van der Waals surface area contributed by atoms with Gasteiger partial charge in [0.25, 0.3) is 0 Å². The number of pyridine rings is 1.